The van der Waals surface area contributed by atoms with Crippen molar-refractivity contribution < 1.29 is 18.8 Å². The molecular formula is C9H11N3O4. The molecular weight excluding hydrogens is 214 g/mol. The highest BCUT2D eigenvalue weighted by atomic mass is 16.3. The van der Waals surface area contributed by atoms with Gasteiger partial charge in [-0.2, -0.15) is 0 Å². The van der Waals surface area contributed by atoms with Crippen LogP contribution < -0.4 is 16.4 Å². The Bertz CT molecular complexity index is 385. The molecule has 1 rings (SSSR count). The number of amides is 3. The van der Waals surface area contributed by atoms with Crippen molar-refractivity contribution >= 4 is 17.7 Å². The van der Waals surface area contributed by atoms with Gasteiger partial charge < -0.3 is 20.8 Å². The molecule has 0 aromatic carbocycles. The highest BCUT2D eigenvalue weighted by Crippen LogP contribution is 1.98. The number of carbonyl (C=O) groups excluding carboxylic acids is 3. The average molecular weight is 225 g/mol. The molecule has 0 saturated carbocycles. The van der Waals surface area contributed by atoms with Crippen LogP contribution in [-0.4, -0.2) is 30.8 Å². The van der Waals surface area contributed by atoms with Gasteiger partial charge in [0, 0.05) is 0 Å². The Morgan fingerprint density at radius 2 is 2.00 bits per heavy atom. The van der Waals surface area contributed by atoms with Gasteiger partial charge in [-0.05, 0) is 12.1 Å². The van der Waals surface area contributed by atoms with Crippen molar-refractivity contribution in [1.82, 2.24) is 10.6 Å². The summed E-state index contributed by atoms with van der Waals surface area (Å²) in [5.74, 6) is -1.54. The molecule has 86 valence electrons. The molecule has 0 saturated heterocycles. The fourth-order valence-electron chi connectivity index (χ4n) is 0.904. The lowest BCUT2D eigenvalue weighted by Crippen LogP contribution is -2.40. The molecule has 0 bridgehead atoms. The summed E-state index contributed by atoms with van der Waals surface area (Å²) in [6, 6.07) is 3.03. The molecule has 7 heteroatoms. The van der Waals surface area contributed by atoms with Gasteiger partial charge in [0.15, 0.2) is 5.76 Å². The normalized spacial score (nSPS) is 9.50. The lowest BCUT2D eigenvalue weighted by Gasteiger charge is -2.03. The first-order valence-corrected chi connectivity index (χ1v) is 4.46. The van der Waals surface area contributed by atoms with Crippen LogP contribution in [0.2, 0.25) is 0 Å². The monoisotopic (exact) mass is 225 g/mol. The molecule has 1 aromatic heterocycles. The highest BCUT2D eigenvalue weighted by molar-refractivity contribution is 5.94. The van der Waals surface area contributed by atoms with Gasteiger partial charge in [-0.1, -0.05) is 0 Å². The van der Waals surface area contributed by atoms with Crippen molar-refractivity contribution in [3.8, 4) is 0 Å². The Hall–Kier alpha value is -2.31. The maximum Gasteiger partial charge on any atom is 0.287 e. The standard InChI is InChI=1S/C9H11N3O4/c10-7(13)4-11-8(14)5-12-9(15)6-2-1-3-16-6/h1-3H,4-5H2,(H2,10,13)(H,11,14)(H,12,15). The quantitative estimate of drug-likeness (QED) is 0.572. The van der Waals surface area contributed by atoms with Gasteiger partial charge in [0.25, 0.3) is 5.91 Å². The number of rotatable bonds is 5. The summed E-state index contributed by atoms with van der Waals surface area (Å²) in [4.78, 5) is 32.7. The Balaban J connectivity index is 2.27. The van der Waals surface area contributed by atoms with Gasteiger partial charge in [0.05, 0.1) is 19.4 Å². The van der Waals surface area contributed by atoms with E-state index in [0.717, 1.165) is 0 Å². The third-order valence-electron chi connectivity index (χ3n) is 1.61. The topological polar surface area (TPSA) is 114 Å². The molecule has 1 aromatic rings. The highest BCUT2D eigenvalue weighted by Gasteiger charge is 2.09. The van der Waals surface area contributed by atoms with Gasteiger partial charge >= 0.3 is 0 Å². The number of furan rings is 1. The van der Waals surface area contributed by atoms with E-state index in [9.17, 15) is 14.4 Å². The lowest BCUT2D eigenvalue weighted by atomic mass is 10.4. The average Bonchev–Trinajstić information content (AvgIpc) is 2.76. The van der Waals surface area contributed by atoms with Gasteiger partial charge in [0.2, 0.25) is 11.8 Å². The predicted molar refractivity (Wildman–Crippen MR) is 53.2 cm³/mol. The largest absolute Gasteiger partial charge is 0.459 e. The SMILES string of the molecule is NC(=O)CNC(=O)CNC(=O)c1ccco1. The van der Waals surface area contributed by atoms with Crippen LogP contribution in [0.4, 0.5) is 0 Å². The summed E-state index contributed by atoms with van der Waals surface area (Å²) >= 11 is 0. The third-order valence-corrected chi connectivity index (χ3v) is 1.61. The van der Waals surface area contributed by atoms with Gasteiger partial charge in [-0.15, -0.1) is 0 Å². The van der Waals surface area contributed by atoms with Crippen molar-refractivity contribution in [1.29, 1.82) is 0 Å². The minimum Gasteiger partial charge on any atom is -0.459 e. The summed E-state index contributed by atoms with van der Waals surface area (Å²) < 4.78 is 4.81. The Kier molecular flexibility index (Phi) is 4.07. The minimum atomic E-state index is -0.647. The number of hydrogen-bond donors (Lipinski definition) is 3. The fraction of sp³-hybridized carbons (Fsp3) is 0.222. The predicted octanol–water partition coefficient (Wildman–Crippen LogP) is -1.39. The van der Waals surface area contributed by atoms with Crippen molar-refractivity contribution in [2.75, 3.05) is 13.1 Å². The molecule has 0 radical (unpaired) electrons. The minimum absolute atomic E-state index is 0.114. The van der Waals surface area contributed by atoms with E-state index >= 15 is 0 Å². The Labute approximate surface area is 91.0 Å². The van der Waals surface area contributed by atoms with Crippen LogP contribution in [0.5, 0.6) is 0 Å². The van der Waals surface area contributed by atoms with E-state index in [4.69, 9.17) is 10.2 Å². The molecule has 0 spiro atoms. The van der Waals surface area contributed by atoms with E-state index in [0.29, 0.717) is 0 Å². The Morgan fingerprint density at radius 3 is 2.56 bits per heavy atom. The van der Waals surface area contributed by atoms with Gasteiger partial charge in [-0.3, -0.25) is 14.4 Å². The Morgan fingerprint density at radius 1 is 1.25 bits per heavy atom. The van der Waals surface area contributed by atoms with Crippen LogP contribution in [0.3, 0.4) is 0 Å². The van der Waals surface area contributed by atoms with Crippen molar-refractivity contribution in [3.05, 3.63) is 24.2 Å². The molecule has 0 aliphatic heterocycles. The molecule has 0 fully saturated rings. The summed E-state index contributed by atoms with van der Waals surface area (Å²) in [5.41, 5.74) is 4.82. The van der Waals surface area contributed by atoms with Crippen LogP contribution in [-0.2, 0) is 9.59 Å². The molecule has 1 heterocycles. The smallest absolute Gasteiger partial charge is 0.287 e. The summed E-state index contributed by atoms with van der Waals surface area (Å²) in [6.45, 7) is -0.498. The number of hydrogen-bond acceptors (Lipinski definition) is 4. The number of primary amides is 1. The molecule has 0 atom stereocenters. The first-order chi connectivity index (χ1) is 7.59. The van der Waals surface area contributed by atoms with Crippen LogP contribution in [0.25, 0.3) is 0 Å². The lowest BCUT2D eigenvalue weighted by molar-refractivity contribution is -0.124. The second-order valence-electron chi connectivity index (χ2n) is 2.90. The zero-order chi connectivity index (χ0) is 12.0. The van der Waals surface area contributed by atoms with Gasteiger partial charge in [-0.25, -0.2) is 0 Å². The van der Waals surface area contributed by atoms with Crippen LogP contribution in [0.1, 0.15) is 10.6 Å². The van der Waals surface area contributed by atoms with Crippen molar-refractivity contribution in [3.63, 3.8) is 0 Å². The first kappa shape index (κ1) is 11.8. The van der Waals surface area contributed by atoms with Crippen molar-refractivity contribution in [2.45, 2.75) is 0 Å². The van der Waals surface area contributed by atoms with E-state index in [-0.39, 0.29) is 18.8 Å². The third kappa shape index (κ3) is 3.82. The molecule has 16 heavy (non-hydrogen) atoms. The van der Waals surface area contributed by atoms with Crippen LogP contribution in [0, 0.1) is 0 Å². The second-order valence-corrected chi connectivity index (χ2v) is 2.90. The van der Waals surface area contributed by atoms with E-state index in [1.165, 1.54) is 12.3 Å². The number of nitrogens with two attached hydrogens (primary N) is 1. The maximum atomic E-state index is 11.3. The zero-order valence-electron chi connectivity index (χ0n) is 8.36. The van der Waals surface area contributed by atoms with E-state index in [1.807, 2.05) is 0 Å². The summed E-state index contributed by atoms with van der Waals surface area (Å²) in [6.07, 6.45) is 1.35. The van der Waals surface area contributed by atoms with Crippen LogP contribution >= 0.6 is 0 Å². The zero-order valence-corrected chi connectivity index (χ0v) is 8.36. The number of nitrogens with one attached hydrogen (secondary N) is 2. The maximum absolute atomic E-state index is 11.3. The van der Waals surface area contributed by atoms with E-state index in [1.54, 1.807) is 6.07 Å². The molecule has 0 aliphatic rings. The first-order valence-electron chi connectivity index (χ1n) is 4.46. The summed E-state index contributed by atoms with van der Waals surface area (Å²) in [5, 5.41) is 4.54. The van der Waals surface area contributed by atoms with Crippen molar-refractivity contribution in [2.24, 2.45) is 5.73 Å². The van der Waals surface area contributed by atoms with E-state index in [2.05, 4.69) is 10.6 Å². The molecule has 0 aliphatic carbocycles. The van der Waals surface area contributed by atoms with E-state index < -0.39 is 17.7 Å². The van der Waals surface area contributed by atoms with Crippen LogP contribution in [0.15, 0.2) is 22.8 Å². The molecule has 4 N–H and O–H groups in total. The molecule has 0 unspecified atom stereocenters. The number of carbonyl (C=O) groups is 3. The fourth-order valence-corrected chi connectivity index (χ4v) is 0.904. The molecule has 3 amide bonds. The summed E-state index contributed by atoms with van der Waals surface area (Å²) in [7, 11) is 0. The second kappa shape index (κ2) is 5.54. The van der Waals surface area contributed by atoms with Gasteiger partial charge in [0.1, 0.15) is 0 Å². The molecule has 7 nitrogen and oxygen atoms in total.